The van der Waals surface area contributed by atoms with Gasteiger partial charge < -0.3 is 10.6 Å². The Hall–Kier alpha value is -2.10. The van der Waals surface area contributed by atoms with E-state index in [0.717, 1.165) is 12.0 Å². The second kappa shape index (κ2) is 8.25. The molecule has 0 heterocycles. The number of hydrogen-bond acceptors (Lipinski definition) is 3. The standard InChI is InChI=1S/C17H23FN2O/c1-4-6-17(21)16(13(3)19)12-20(5-2)11-14-7-9-15(18)10-8-14/h5,7-10H,2,4,6,11-12,19H2,1,3H3/b16-13-. The number of benzene rings is 1. The number of ketones is 1. The van der Waals surface area contributed by atoms with E-state index in [4.69, 9.17) is 5.73 Å². The first-order chi connectivity index (χ1) is 9.97. The van der Waals surface area contributed by atoms with Crippen LogP contribution in [0.25, 0.3) is 0 Å². The van der Waals surface area contributed by atoms with Crippen molar-refractivity contribution in [3.05, 3.63) is 59.7 Å². The van der Waals surface area contributed by atoms with E-state index in [-0.39, 0.29) is 11.6 Å². The van der Waals surface area contributed by atoms with E-state index < -0.39 is 0 Å². The van der Waals surface area contributed by atoms with Crippen LogP contribution >= 0.6 is 0 Å². The van der Waals surface area contributed by atoms with Gasteiger partial charge in [-0.1, -0.05) is 25.6 Å². The van der Waals surface area contributed by atoms with Crippen LogP contribution in [-0.4, -0.2) is 17.2 Å². The average Bonchev–Trinajstić information content (AvgIpc) is 2.45. The Labute approximate surface area is 125 Å². The number of halogens is 1. The van der Waals surface area contributed by atoms with Crippen LogP contribution in [0.2, 0.25) is 0 Å². The Morgan fingerprint density at radius 1 is 1.38 bits per heavy atom. The van der Waals surface area contributed by atoms with Crippen LogP contribution in [0.3, 0.4) is 0 Å². The molecule has 0 aliphatic carbocycles. The van der Waals surface area contributed by atoms with E-state index in [1.54, 1.807) is 25.3 Å². The van der Waals surface area contributed by atoms with Crippen molar-refractivity contribution in [1.82, 2.24) is 4.90 Å². The highest BCUT2D eigenvalue weighted by atomic mass is 19.1. The molecule has 0 bridgehead atoms. The molecule has 2 N–H and O–H groups in total. The molecule has 114 valence electrons. The third kappa shape index (κ3) is 5.42. The van der Waals surface area contributed by atoms with Crippen molar-refractivity contribution >= 4 is 5.78 Å². The lowest BCUT2D eigenvalue weighted by atomic mass is 10.0. The summed E-state index contributed by atoms with van der Waals surface area (Å²) in [6.07, 6.45) is 2.96. The van der Waals surface area contributed by atoms with E-state index in [1.165, 1.54) is 12.1 Å². The van der Waals surface area contributed by atoms with Crippen molar-refractivity contribution in [2.24, 2.45) is 5.73 Å². The lowest BCUT2D eigenvalue weighted by Gasteiger charge is -2.22. The maximum atomic E-state index is 12.9. The summed E-state index contributed by atoms with van der Waals surface area (Å²) >= 11 is 0. The predicted octanol–water partition coefficient (Wildman–Crippen LogP) is 3.37. The Morgan fingerprint density at radius 3 is 2.48 bits per heavy atom. The topological polar surface area (TPSA) is 46.3 Å². The number of hydrogen-bond donors (Lipinski definition) is 1. The van der Waals surface area contributed by atoms with Gasteiger partial charge in [-0.05, 0) is 37.2 Å². The summed E-state index contributed by atoms with van der Waals surface area (Å²) in [5.41, 5.74) is 7.95. The second-order valence-electron chi connectivity index (χ2n) is 5.05. The SMILES string of the molecule is C=CN(C/C(C(=O)CCC)=C(\C)N)Cc1ccc(F)cc1. The zero-order chi connectivity index (χ0) is 15.8. The molecule has 0 unspecified atom stereocenters. The smallest absolute Gasteiger partial charge is 0.162 e. The van der Waals surface area contributed by atoms with Crippen molar-refractivity contribution in [2.75, 3.05) is 6.54 Å². The Bertz CT molecular complexity index is 516. The van der Waals surface area contributed by atoms with Crippen LogP contribution in [0, 0.1) is 5.82 Å². The summed E-state index contributed by atoms with van der Waals surface area (Å²) in [5, 5.41) is 0. The van der Waals surface area contributed by atoms with Crippen molar-refractivity contribution in [1.29, 1.82) is 0 Å². The molecule has 21 heavy (non-hydrogen) atoms. The molecular weight excluding hydrogens is 267 g/mol. The zero-order valence-corrected chi connectivity index (χ0v) is 12.7. The van der Waals surface area contributed by atoms with Crippen molar-refractivity contribution in [2.45, 2.75) is 33.2 Å². The molecule has 0 aliphatic rings. The lowest BCUT2D eigenvalue weighted by molar-refractivity contribution is -0.115. The minimum absolute atomic E-state index is 0.0726. The minimum Gasteiger partial charge on any atom is -0.402 e. The molecule has 0 saturated heterocycles. The van der Waals surface area contributed by atoms with Gasteiger partial charge in [0.05, 0.1) is 0 Å². The van der Waals surface area contributed by atoms with Gasteiger partial charge in [0.15, 0.2) is 5.78 Å². The van der Waals surface area contributed by atoms with Crippen molar-refractivity contribution in [3.8, 4) is 0 Å². The van der Waals surface area contributed by atoms with Crippen LogP contribution in [0.4, 0.5) is 4.39 Å². The summed E-state index contributed by atoms with van der Waals surface area (Å²) in [6, 6.07) is 6.28. The van der Waals surface area contributed by atoms with Crippen molar-refractivity contribution < 1.29 is 9.18 Å². The summed E-state index contributed by atoms with van der Waals surface area (Å²) in [7, 11) is 0. The molecule has 4 heteroatoms. The average molecular weight is 290 g/mol. The van der Waals surface area contributed by atoms with Gasteiger partial charge in [0.1, 0.15) is 5.82 Å². The molecule has 0 aromatic heterocycles. The molecule has 1 aromatic rings. The number of rotatable bonds is 8. The Kier molecular flexibility index (Phi) is 6.66. The van der Waals surface area contributed by atoms with Gasteiger partial charge in [-0.15, -0.1) is 0 Å². The maximum absolute atomic E-state index is 12.9. The first-order valence-corrected chi connectivity index (χ1v) is 7.07. The number of allylic oxidation sites excluding steroid dienone is 1. The lowest BCUT2D eigenvalue weighted by Crippen LogP contribution is -2.25. The van der Waals surface area contributed by atoms with Gasteiger partial charge >= 0.3 is 0 Å². The normalized spacial score (nSPS) is 11.8. The molecule has 1 aromatic carbocycles. The van der Waals surface area contributed by atoms with E-state index in [2.05, 4.69) is 6.58 Å². The first kappa shape index (κ1) is 17.0. The molecule has 0 spiro atoms. The largest absolute Gasteiger partial charge is 0.402 e. The van der Waals surface area contributed by atoms with E-state index in [0.29, 0.717) is 30.8 Å². The molecule has 0 radical (unpaired) electrons. The molecule has 1 rings (SSSR count). The minimum atomic E-state index is -0.264. The van der Waals surface area contributed by atoms with Gasteiger partial charge in [-0.3, -0.25) is 4.79 Å². The Morgan fingerprint density at radius 2 is 2.00 bits per heavy atom. The van der Waals surface area contributed by atoms with Crippen molar-refractivity contribution in [3.63, 3.8) is 0 Å². The monoisotopic (exact) mass is 290 g/mol. The molecule has 3 nitrogen and oxygen atoms in total. The number of Topliss-reactive ketones (excluding diaryl/α,β-unsaturated/α-hetero) is 1. The number of nitrogens with two attached hydrogens (primary N) is 1. The van der Waals surface area contributed by atoms with E-state index in [1.807, 2.05) is 11.8 Å². The third-order valence-corrected chi connectivity index (χ3v) is 3.21. The zero-order valence-electron chi connectivity index (χ0n) is 12.7. The van der Waals surface area contributed by atoms with Crippen LogP contribution in [0.5, 0.6) is 0 Å². The summed E-state index contributed by atoms with van der Waals surface area (Å²) in [4.78, 5) is 14.0. The molecule has 0 atom stereocenters. The number of carbonyl (C=O) groups is 1. The fourth-order valence-corrected chi connectivity index (χ4v) is 2.02. The van der Waals surface area contributed by atoms with Gasteiger partial charge in [0.2, 0.25) is 0 Å². The molecule has 0 amide bonds. The van der Waals surface area contributed by atoms with Crippen LogP contribution in [-0.2, 0) is 11.3 Å². The first-order valence-electron chi connectivity index (χ1n) is 7.07. The van der Waals surface area contributed by atoms with Crippen LogP contribution in [0.15, 0.2) is 48.3 Å². The Balaban J connectivity index is 2.80. The van der Waals surface area contributed by atoms with Gasteiger partial charge in [-0.2, -0.15) is 0 Å². The van der Waals surface area contributed by atoms with Gasteiger partial charge in [0, 0.05) is 30.8 Å². The number of carbonyl (C=O) groups excluding carboxylic acids is 1. The van der Waals surface area contributed by atoms with E-state index >= 15 is 0 Å². The summed E-state index contributed by atoms with van der Waals surface area (Å²) in [6.45, 7) is 8.45. The molecule has 0 aliphatic heterocycles. The van der Waals surface area contributed by atoms with Crippen LogP contribution < -0.4 is 5.73 Å². The van der Waals surface area contributed by atoms with Crippen LogP contribution in [0.1, 0.15) is 32.3 Å². The summed E-state index contributed by atoms with van der Waals surface area (Å²) in [5.74, 6) is -0.191. The second-order valence-corrected chi connectivity index (χ2v) is 5.05. The quantitative estimate of drug-likeness (QED) is 0.747. The summed E-state index contributed by atoms with van der Waals surface area (Å²) < 4.78 is 12.9. The van der Waals surface area contributed by atoms with Gasteiger partial charge in [-0.25, -0.2) is 4.39 Å². The highest BCUT2D eigenvalue weighted by Crippen LogP contribution is 2.12. The predicted molar refractivity (Wildman–Crippen MR) is 83.8 cm³/mol. The fraction of sp³-hybridized carbons (Fsp3) is 0.353. The van der Waals surface area contributed by atoms with Gasteiger partial charge in [0.25, 0.3) is 0 Å². The molecule has 0 fully saturated rings. The molecule has 0 saturated carbocycles. The third-order valence-electron chi connectivity index (χ3n) is 3.21. The molecular formula is C17H23FN2O. The highest BCUT2D eigenvalue weighted by Gasteiger charge is 2.14. The fourth-order valence-electron chi connectivity index (χ4n) is 2.02. The van der Waals surface area contributed by atoms with E-state index in [9.17, 15) is 9.18 Å². The highest BCUT2D eigenvalue weighted by molar-refractivity contribution is 5.96. The number of nitrogens with zero attached hydrogens (tertiary/aromatic N) is 1. The maximum Gasteiger partial charge on any atom is 0.162 e.